The molecule has 5 aliphatic heterocycles. The molecule has 0 N–H and O–H groups in total. The van der Waals surface area contributed by atoms with Crippen molar-refractivity contribution in [2.45, 2.75) is 5.41 Å². The first-order valence-electron chi connectivity index (χ1n) is 46.8. The lowest BCUT2D eigenvalue weighted by Gasteiger charge is -2.45. The Labute approximate surface area is 798 Å². The Balaban J connectivity index is 0.000000106. The van der Waals surface area contributed by atoms with Crippen LogP contribution in [-0.4, -0.2) is 93.1 Å². The first kappa shape index (κ1) is 80.5. The number of rotatable bonds is 7. The van der Waals surface area contributed by atoms with Gasteiger partial charge in [-0.15, -0.1) is 0 Å². The zero-order valence-corrected chi connectivity index (χ0v) is 76.5. The molecule has 0 saturated heterocycles. The Bertz CT molecular complexity index is 8680. The number of amides is 6. The highest BCUT2D eigenvalue weighted by molar-refractivity contribution is 7.21. The lowest BCUT2D eigenvalue weighted by molar-refractivity contribution is 0.0635. The Morgan fingerprint density at radius 3 is 0.849 bits per heavy atom. The number of benzene rings is 20. The zero-order chi connectivity index (χ0) is 93.1. The van der Waals surface area contributed by atoms with Crippen molar-refractivity contribution in [3.8, 4) is 28.2 Å². The van der Waals surface area contributed by atoms with Gasteiger partial charge in [-0.2, -0.15) is 0 Å². The molecule has 29 rings (SSSR count). The molecule has 3 aromatic heterocycles. The van der Waals surface area contributed by atoms with E-state index in [1.165, 1.54) is 90.4 Å². The quantitative estimate of drug-likeness (QED) is 0.114. The van der Waals surface area contributed by atoms with Gasteiger partial charge in [-0.05, 0) is 194 Å². The van der Waals surface area contributed by atoms with Gasteiger partial charge in [-0.25, -0.2) is 0 Å². The van der Waals surface area contributed by atoms with Crippen molar-refractivity contribution in [3.05, 3.63) is 486 Å². The minimum absolute atomic E-state index is 0.269. The molecule has 1 aliphatic carbocycles. The van der Waals surface area contributed by atoms with Crippen LogP contribution in [0.15, 0.2) is 431 Å². The van der Waals surface area contributed by atoms with Gasteiger partial charge >= 0.3 is 0 Å². The molecular formula is C124H80N8O6Si. The lowest BCUT2D eigenvalue weighted by Crippen LogP contribution is -2.77. The van der Waals surface area contributed by atoms with E-state index in [1.54, 1.807) is 21.1 Å². The van der Waals surface area contributed by atoms with E-state index < -0.39 is 13.5 Å². The summed E-state index contributed by atoms with van der Waals surface area (Å²) in [6, 6.07) is 151. The molecule has 15 heteroatoms. The van der Waals surface area contributed by atoms with Crippen LogP contribution in [0, 0.1) is 0 Å². The first-order valence-corrected chi connectivity index (χ1v) is 48.8. The van der Waals surface area contributed by atoms with Crippen LogP contribution >= 0.6 is 0 Å². The molecule has 0 unspecified atom stereocenters. The predicted molar refractivity (Wildman–Crippen MR) is 562 cm³/mol. The van der Waals surface area contributed by atoms with Crippen molar-refractivity contribution in [2.24, 2.45) is 0 Å². The third-order valence-electron chi connectivity index (χ3n) is 30.0. The lowest BCUT2D eigenvalue weighted by atomic mass is 9.64. The molecule has 0 fully saturated rings. The van der Waals surface area contributed by atoms with Crippen molar-refractivity contribution >= 4 is 196 Å². The highest BCUT2D eigenvalue weighted by Crippen LogP contribution is 2.64. The number of nitrogens with zero attached hydrogens (tertiary/aromatic N) is 8. The maximum atomic E-state index is 13.4. The summed E-state index contributed by atoms with van der Waals surface area (Å²) in [6.07, 6.45) is 0. The van der Waals surface area contributed by atoms with E-state index in [0.717, 1.165) is 122 Å². The number of carbonyl (C=O) groups is 6. The second-order valence-corrected chi connectivity index (χ2v) is 40.4. The molecule has 20 aromatic carbocycles. The normalized spacial score (nSPS) is 14.4. The summed E-state index contributed by atoms with van der Waals surface area (Å²) in [5.74, 6) is -1.65. The summed E-state index contributed by atoms with van der Waals surface area (Å²) in [7, 11) is 1.93. The van der Waals surface area contributed by atoms with Crippen LogP contribution in [0.25, 0.3) is 126 Å². The van der Waals surface area contributed by atoms with Gasteiger partial charge in [0.05, 0.1) is 67.0 Å². The number of imide groups is 3. The Morgan fingerprint density at radius 2 is 0.468 bits per heavy atom. The molecule has 139 heavy (non-hydrogen) atoms. The Hall–Kier alpha value is -18.2. The molecule has 1 spiro atoms. The molecule has 8 heterocycles. The highest BCUT2D eigenvalue weighted by Gasteiger charge is 2.53. The number of fused-ring (bicyclic) bond motifs is 20. The summed E-state index contributed by atoms with van der Waals surface area (Å²) in [6.45, 7) is 0. The fraction of sp³-hybridized carbons (Fsp3) is 0.0323. The van der Waals surface area contributed by atoms with E-state index in [2.05, 4.69) is 363 Å². The van der Waals surface area contributed by atoms with Gasteiger partial charge in [0.2, 0.25) is 0 Å². The average molecular weight is 1810 g/mol. The monoisotopic (exact) mass is 1800 g/mol. The summed E-state index contributed by atoms with van der Waals surface area (Å²) in [5, 5.41) is 17.1. The van der Waals surface area contributed by atoms with Crippen molar-refractivity contribution < 1.29 is 28.8 Å². The standard InChI is InChI=1S/C49H30N4O2.C38H24N2O2.C37H26N2O2Si/c1-50-48(54)36-16-10-15-35-44(26-23-37(47(35)36)49(50)55)53-45-24-21-29(51-40-17-6-2-11-31(40)32-12-3-7-18-41(32)51)27-38(45)39-28-30(22-25-46(39)53)52-42-19-8-4-13-33(42)34-14-5-9-20-43(34)52;1-39-36(41)26-14-10-13-25-32(22-21-27(35(25)26)37(39)42)40-33-19-8-6-17-30(33)38(31-18-7-9-20-34(31)40)28-15-4-2-11-23(28)24-12-3-5-16-29(24)38;1-38-36(40)28-18-12-17-27-30(24-23-29(35(27)28)37(38)41)39-31-19-8-10-21-33(31)42(25-13-4-2-5-14-25,26-15-6-3-7-16-26)34-22-11-9-20-32(34)39/h2-28H,1H3;2-22H,1H3;2-24H,1H3. The predicted octanol–water partition coefficient (Wildman–Crippen LogP) is 24.8. The molecule has 6 aliphatic rings. The molecule has 23 aromatic rings. The molecule has 0 atom stereocenters. The second-order valence-electron chi connectivity index (χ2n) is 36.6. The number of hydrogen-bond donors (Lipinski definition) is 0. The molecule has 656 valence electrons. The van der Waals surface area contributed by atoms with Crippen LogP contribution in [0.1, 0.15) is 84.4 Å². The smallest absolute Gasteiger partial charge is 0.261 e. The van der Waals surface area contributed by atoms with Crippen molar-refractivity contribution in [1.82, 2.24) is 28.4 Å². The molecular weight excluding hydrogens is 1730 g/mol. The van der Waals surface area contributed by atoms with Gasteiger partial charge in [0, 0.05) is 142 Å². The largest absolute Gasteiger partial charge is 0.310 e. The maximum Gasteiger partial charge on any atom is 0.261 e. The molecule has 0 radical (unpaired) electrons. The maximum absolute atomic E-state index is 13.4. The number of hydrogen-bond acceptors (Lipinski definition) is 8. The molecule has 14 nitrogen and oxygen atoms in total. The highest BCUT2D eigenvalue weighted by atomic mass is 28.3. The first-order chi connectivity index (χ1) is 68.3. The van der Waals surface area contributed by atoms with Gasteiger partial charge in [0.25, 0.3) is 35.4 Å². The number of para-hydroxylation sites is 8. The molecule has 6 amide bonds. The van der Waals surface area contributed by atoms with Crippen LogP contribution in [0.3, 0.4) is 0 Å². The topological polar surface area (TPSA) is 133 Å². The molecule has 0 saturated carbocycles. The van der Waals surface area contributed by atoms with Gasteiger partial charge in [0.1, 0.15) is 0 Å². The van der Waals surface area contributed by atoms with E-state index in [9.17, 15) is 28.8 Å². The van der Waals surface area contributed by atoms with E-state index in [1.807, 2.05) is 91.0 Å². The minimum atomic E-state index is -2.72. The van der Waals surface area contributed by atoms with Crippen molar-refractivity contribution in [1.29, 1.82) is 0 Å². The van der Waals surface area contributed by atoms with Gasteiger partial charge in [0.15, 0.2) is 8.07 Å². The van der Waals surface area contributed by atoms with E-state index in [-0.39, 0.29) is 35.4 Å². The fourth-order valence-corrected chi connectivity index (χ4v) is 29.2. The van der Waals surface area contributed by atoms with Crippen LogP contribution < -0.4 is 30.5 Å². The van der Waals surface area contributed by atoms with Crippen LogP contribution in [0.5, 0.6) is 0 Å². The summed E-state index contributed by atoms with van der Waals surface area (Å²) < 4.78 is 7.02. The fourth-order valence-electron chi connectivity index (χ4n) is 24.1. The number of carbonyl (C=O) groups excluding carboxylic acids is 6. The number of aromatic nitrogens is 3. The van der Waals surface area contributed by atoms with Crippen molar-refractivity contribution in [3.63, 3.8) is 0 Å². The number of anilines is 6. The average Bonchev–Trinajstić information content (AvgIpc) is 1.40. The van der Waals surface area contributed by atoms with Gasteiger partial charge in [-0.3, -0.25) is 43.5 Å². The molecule has 0 bridgehead atoms. The minimum Gasteiger partial charge on any atom is -0.310 e. The van der Waals surface area contributed by atoms with E-state index in [4.69, 9.17) is 0 Å². The van der Waals surface area contributed by atoms with Crippen LogP contribution in [0.4, 0.5) is 34.1 Å². The zero-order valence-electron chi connectivity index (χ0n) is 75.5. The SMILES string of the molecule is CN1C(=O)c2cccc3c(-n4c5ccc(-n6c7ccccc7c7ccccc76)cc5c5cc(-n6c7ccccc7c7ccccc76)ccc54)ccc(c23)C1=O.CN1C(=O)c2cccc3c(N4c5ccccc5C5(c6ccccc6-c6ccccc65)c5ccccc54)ccc(c23)C1=O.CN1C(=O)c2cccc3c(N4c5ccccc5[Si](c5ccccc5)(c5ccccc5)c5ccccc54)ccc(c23)C1=O. The third-order valence-corrected chi connectivity index (χ3v) is 34.8. The summed E-state index contributed by atoms with van der Waals surface area (Å²) in [5.41, 5.74) is 26.3. The van der Waals surface area contributed by atoms with Crippen LogP contribution in [0.2, 0.25) is 0 Å². The van der Waals surface area contributed by atoms with E-state index in [0.29, 0.717) is 38.8 Å². The Kier molecular flexibility index (Phi) is 17.6. The van der Waals surface area contributed by atoms with Crippen molar-refractivity contribution in [2.75, 3.05) is 30.9 Å². The van der Waals surface area contributed by atoms with Gasteiger partial charge in [-0.1, -0.05) is 291 Å². The summed E-state index contributed by atoms with van der Waals surface area (Å²) >= 11 is 0. The van der Waals surface area contributed by atoms with Gasteiger partial charge < -0.3 is 23.5 Å². The van der Waals surface area contributed by atoms with Crippen LogP contribution in [-0.2, 0) is 5.41 Å². The Morgan fingerprint density at radius 1 is 0.194 bits per heavy atom. The summed E-state index contributed by atoms with van der Waals surface area (Å²) in [4.78, 5) is 87.9. The third kappa shape index (κ3) is 11.1. The van der Waals surface area contributed by atoms with E-state index >= 15 is 0 Å². The second kappa shape index (κ2) is 30.4.